The zero-order valence-corrected chi connectivity index (χ0v) is 13.0. The van der Waals surface area contributed by atoms with Crippen LogP contribution in [0.15, 0.2) is 72.0 Å². The zero-order valence-electron chi connectivity index (χ0n) is 13.0. The quantitative estimate of drug-likeness (QED) is 0.803. The van der Waals surface area contributed by atoms with Crippen molar-refractivity contribution in [2.24, 2.45) is 4.99 Å². The molecule has 0 saturated carbocycles. The normalized spacial score (nSPS) is 16.7. The predicted molar refractivity (Wildman–Crippen MR) is 94.2 cm³/mol. The predicted octanol–water partition coefficient (Wildman–Crippen LogP) is 3.15. The zero-order chi connectivity index (χ0) is 16.2. The SMILES string of the molecule is C1=NC(c2ccccn2)=CNC1OCc1ccc2ccccc2n1. The minimum atomic E-state index is -0.272. The molecule has 5 nitrogen and oxygen atoms in total. The van der Waals surface area contributed by atoms with Crippen molar-refractivity contribution in [2.45, 2.75) is 12.8 Å². The molecule has 0 fully saturated rings. The number of rotatable bonds is 4. The summed E-state index contributed by atoms with van der Waals surface area (Å²) in [4.78, 5) is 13.3. The maximum Gasteiger partial charge on any atom is 0.164 e. The van der Waals surface area contributed by atoms with Gasteiger partial charge in [0, 0.05) is 17.8 Å². The third-order valence-electron chi connectivity index (χ3n) is 3.73. The Hall–Kier alpha value is -3.05. The van der Waals surface area contributed by atoms with E-state index < -0.39 is 0 Å². The Bertz CT molecular complexity index is 905. The monoisotopic (exact) mass is 316 g/mol. The fourth-order valence-electron chi connectivity index (χ4n) is 2.50. The number of aliphatic imine (C=N–C) groups is 1. The Kier molecular flexibility index (Phi) is 4.00. The molecule has 118 valence electrons. The van der Waals surface area contributed by atoms with Crippen molar-refractivity contribution in [3.8, 4) is 0 Å². The standard InChI is InChI=1S/C19H16N4O/c1-2-6-16-14(5-1)8-9-15(23-16)13-24-19-12-21-18(11-22-19)17-7-3-4-10-20-17/h1-12,19,22H,13H2. The van der Waals surface area contributed by atoms with Crippen LogP contribution in [0.3, 0.4) is 0 Å². The largest absolute Gasteiger partial charge is 0.360 e. The Morgan fingerprint density at radius 1 is 1.00 bits per heavy atom. The second-order valence-electron chi connectivity index (χ2n) is 5.42. The number of benzene rings is 1. The summed E-state index contributed by atoms with van der Waals surface area (Å²) in [6, 6.07) is 17.8. The van der Waals surface area contributed by atoms with Crippen molar-refractivity contribution >= 4 is 22.8 Å². The average molecular weight is 316 g/mol. The van der Waals surface area contributed by atoms with E-state index >= 15 is 0 Å². The second kappa shape index (κ2) is 6.60. The van der Waals surface area contributed by atoms with Crippen molar-refractivity contribution < 1.29 is 4.74 Å². The third-order valence-corrected chi connectivity index (χ3v) is 3.73. The number of fused-ring (bicyclic) bond motifs is 1. The van der Waals surface area contributed by atoms with E-state index in [1.165, 1.54) is 0 Å². The van der Waals surface area contributed by atoms with Crippen LogP contribution in [0.2, 0.25) is 0 Å². The summed E-state index contributed by atoms with van der Waals surface area (Å²) in [5.41, 5.74) is 3.49. The fraction of sp³-hybridized carbons (Fsp3) is 0.105. The molecule has 0 bridgehead atoms. The highest BCUT2D eigenvalue weighted by Gasteiger charge is 2.11. The van der Waals surface area contributed by atoms with Gasteiger partial charge in [0.2, 0.25) is 0 Å². The molecule has 3 heterocycles. The van der Waals surface area contributed by atoms with Gasteiger partial charge in [-0.2, -0.15) is 0 Å². The Morgan fingerprint density at radius 3 is 2.75 bits per heavy atom. The molecule has 1 atom stereocenters. The molecule has 0 aliphatic carbocycles. The van der Waals surface area contributed by atoms with E-state index in [2.05, 4.69) is 26.3 Å². The Balaban J connectivity index is 1.39. The number of ether oxygens (including phenoxy) is 1. The Labute approximate surface area is 139 Å². The highest BCUT2D eigenvalue weighted by Crippen LogP contribution is 2.15. The number of aromatic nitrogens is 2. The third kappa shape index (κ3) is 3.16. The molecule has 1 N–H and O–H groups in total. The Morgan fingerprint density at radius 2 is 1.92 bits per heavy atom. The van der Waals surface area contributed by atoms with Gasteiger partial charge < -0.3 is 10.1 Å². The van der Waals surface area contributed by atoms with Gasteiger partial charge in [-0.1, -0.05) is 30.3 Å². The number of para-hydroxylation sites is 1. The van der Waals surface area contributed by atoms with Gasteiger partial charge >= 0.3 is 0 Å². The molecule has 1 unspecified atom stereocenters. The van der Waals surface area contributed by atoms with Gasteiger partial charge in [-0.05, 0) is 24.3 Å². The van der Waals surface area contributed by atoms with Crippen molar-refractivity contribution in [1.82, 2.24) is 15.3 Å². The van der Waals surface area contributed by atoms with Crippen LogP contribution < -0.4 is 5.32 Å². The van der Waals surface area contributed by atoms with E-state index in [1.807, 2.05) is 54.7 Å². The average Bonchev–Trinajstić information content (AvgIpc) is 2.67. The lowest BCUT2D eigenvalue weighted by Crippen LogP contribution is -2.31. The number of hydrogen-bond acceptors (Lipinski definition) is 5. The number of pyridine rings is 2. The molecule has 1 aliphatic rings. The first-order valence-corrected chi connectivity index (χ1v) is 7.76. The molecule has 5 heteroatoms. The van der Waals surface area contributed by atoms with Crippen molar-refractivity contribution in [3.05, 3.63) is 78.4 Å². The highest BCUT2D eigenvalue weighted by molar-refractivity contribution is 5.78. The van der Waals surface area contributed by atoms with Crippen molar-refractivity contribution in [3.63, 3.8) is 0 Å². The summed E-state index contributed by atoms with van der Waals surface area (Å²) in [5.74, 6) is 0. The van der Waals surface area contributed by atoms with E-state index in [9.17, 15) is 0 Å². The van der Waals surface area contributed by atoms with Gasteiger partial charge in [0.15, 0.2) is 6.23 Å². The molecule has 1 aliphatic heterocycles. The summed E-state index contributed by atoms with van der Waals surface area (Å²) >= 11 is 0. The molecule has 4 rings (SSSR count). The van der Waals surface area contributed by atoms with Crippen LogP contribution in [-0.4, -0.2) is 22.4 Å². The molecular weight excluding hydrogens is 300 g/mol. The smallest absolute Gasteiger partial charge is 0.164 e. The minimum Gasteiger partial charge on any atom is -0.360 e. The summed E-state index contributed by atoms with van der Waals surface area (Å²) in [7, 11) is 0. The van der Waals surface area contributed by atoms with Gasteiger partial charge in [-0.15, -0.1) is 0 Å². The van der Waals surface area contributed by atoms with Gasteiger partial charge in [0.1, 0.15) is 5.70 Å². The number of nitrogens with zero attached hydrogens (tertiary/aromatic N) is 3. The second-order valence-corrected chi connectivity index (χ2v) is 5.42. The molecule has 0 saturated heterocycles. The molecule has 0 amide bonds. The van der Waals surface area contributed by atoms with Gasteiger partial charge in [0.25, 0.3) is 0 Å². The van der Waals surface area contributed by atoms with Gasteiger partial charge in [-0.25, -0.2) is 0 Å². The molecular formula is C19H16N4O. The molecule has 0 spiro atoms. The summed E-state index contributed by atoms with van der Waals surface area (Å²) in [5, 5.41) is 4.30. The van der Waals surface area contributed by atoms with Crippen LogP contribution in [-0.2, 0) is 11.3 Å². The topological polar surface area (TPSA) is 59.4 Å². The molecule has 0 radical (unpaired) electrons. The van der Waals surface area contributed by atoms with Gasteiger partial charge in [0.05, 0.1) is 29.7 Å². The lowest BCUT2D eigenvalue weighted by atomic mass is 10.2. The van der Waals surface area contributed by atoms with Crippen LogP contribution in [0.25, 0.3) is 16.6 Å². The van der Waals surface area contributed by atoms with Crippen LogP contribution in [0.4, 0.5) is 0 Å². The van der Waals surface area contributed by atoms with E-state index in [-0.39, 0.29) is 6.23 Å². The van der Waals surface area contributed by atoms with Crippen LogP contribution in [0.1, 0.15) is 11.4 Å². The molecule has 1 aromatic carbocycles. The number of nitrogens with one attached hydrogen (secondary N) is 1. The van der Waals surface area contributed by atoms with Crippen molar-refractivity contribution in [2.75, 3.05) is 0 Å². The van der Waals surface area contributed by atoms with Crippen LogP contribution >= 0.6 is 0 Å². The summed E-state index contributed by atoms with van der Waals surface area (Å²) in [6.45, 7) is 0.418. The lowest BCUT2D eigenvalue weighted by molar-refractivity contribution is 0.0722. The van der Waals surface area contributed by atoms with Crippen molar-refractivity contribution in [1.29, 1.82) is 0 Å². The highest BCUT2D eigenvalue weighted by atomic mass is 16.5. The van der Waals surface area contributed by atoms with E-state index in [0.29, 0.717) is 6.61 Å². The van der Waals surface area contributed by atoms with E-state index in [1.54, 1.807) is 12.4 Å². The first-order valence-electron chi connectivity index (χ1n) is 7.76. The fourth-order valence-corrected chi connectivity index (χ4v) is 2.50. The minimum absolute atomic E-state index is 0.272. The lowest BCUT2D eigenvalue weighted by Gasteiger charge is -2.18. The maximum absolute atomic E-state index is 5.81. The molecule has 3 aromatic rings. The van der Waals surface area contributed by atoms with Crippen LogP contribution in [0.5, 0.6) is 0 Å². The summed E-state index contributed by atoms with van der Waals surface area (Å²) < 4.78 is 5.81. The first-order chi connectivity index (χ1) is 11.9. The van der Waals surface area contributed by atoms with E-state index in [0.717, 1.165) is 28.0 Å². The maximum atomic E-state index is 5.81. The number of hydrogen-bond donors (Lipinski definition) is 1. The molecule has 2 aromatic heterocycles. The van der Waals surface area contributed by atoms with E-state index in [4.69, 9.17) is 4.74 Å². The summed E-state index contributed by atoms with van der Waals surface area (Å²) in [6.07, 6.45) is 5.04. The first kappa shape index (κ1) is 14.5. The molecule has 24 heavy (non-hydrogen) atoms. The van der Waals surface area contributed by atoms with Crippen LogP contribution in [0, 0.1) is 0 Å². The van der Waals surface area contributed by atoms with Gasteiger partial charge in [-0.3, -0.25) is 15.0 Å².